The second kappa shape index (κ2) is 7.55. The molecule has 1 unspecified atom stereocenters. The maximum absolute atomic E-state index is 5.44. The van der Waals surface area contributed by atoms with Gasteiger partial charge in [0, 0.05) is 18.2 Å². The number of rotatable bonds is 7. The van der Waals surface area contributed by atoms with Gasteiger partial charge in [-0.2, -0.15) is 0 Å². The molecule has 0 aliphatic heterocycles. The molecule has 1 aromatic carbocycles. The van der Waals surface area contributed by atoms with E-state index in [1.807, 2.05) is 12.1 Å². The largest absolute Gasteiger partial charge is 0.496 e. The highest BCUT2D eigenvalue weighted by Crippen LogP contribution is 2.34. The lowest BCUT2D eigenvalue weighted by atomic mass is 9.82. The lowest BCUT2D eigenvalue weighted by molar-refractivity contribution is 0.252. The number of hydrogen-bond donors (Lipinski definition) is 1. The fraction of sp³-hybridized carbons (Fsp3) is 0.647. The van der Waals surface area contributed by atoms with Crippen molar-refractivity contribution in [3.63, 3.8) is 0 Å². The first-order valence-electron chi connectivity index (χ1n) is 7.33. The molecule has 0 aliphatic carbocycles. The Morgan fingerprint density at radius 1 is 0.952 bits per heavy atom. The van der Waals surface area contributed by atoms with E-state index in [0.29, 0.717) is 17.1 Å². The SMILES string of the molecule is COc1cc(OC)c(OC)cc1CNCC(C)C(C)(C)C. The molecule has 4 heteroatoms. The average Bonchev–Trinajstić information content (AvgIpc) is 2.45. The highest BCUT2D eigenvalue weighted by atomic mass is 16.5. The zero-order valence-electron chi connectivity index (χ0n) is 14.4. The van der Waals surface area contributed by atoms with Gasteiger partial charge in [0.25, 0.3) is 0 Å². The van der Waals surface area contributed by atoms with E-state index in [4.69, 9.17) is 14.2 Å². The summed E-state index contributed by atoms with van der Waals surface area (Å²) in [6.07, 6.45) is 0. The molecule has 1 rings (SSSR count). The Kier molecular flexibility index (Phi) is 6.34. The second-order valence-corrected chi connectivity index (χ2v) is 6.42. The minimum Gasteiger partial charge on any atom is -0.496 e. The van der Waals surface area contributed by atoms with Gasteiger partial charge in [0.05, 0.1) is 21.3 Å². The van der Waals surface area contributed by atoms with Crippen LogP contribution in [0.2, 0.25) is 0 Å². The Morgan fingerprint density at radius 2 is 1.48 bits per heavy atom. The van der Waals surface area contributed by atoms with Crippen LogP contribution in [0.15, 0.2) is 12.1 Å². The van der Waals surface area contributed by atoms with Crippen molar-refractivity contribution in [2.75, 3.05) is 27.9 Å². The fourth-order valence-corrected chi connectivity index (χ4v) is 1.96. The Balaban J connectivity index is 2.78. The van der Waals surface area contributed by atoms with Gasteiger partial charge in [-0.15, -0.1) is 0 Å². The van der Waals surface area contributed by atoms with Crippen LogP contribution >= 0.6 is 0 Å². The first kappa shape index (κ1) is 17.6. The molecule has 0 amide bonds. The van der Waals surface area contributed by atoms with Gasteiger partial charge < -0.3 is 19.5 Å². The smallest absolute Gasteiger partial charge is 0.164 e. The van der Waals surface area contributed by atoms with Crippen molar-refractivity contribution < 1.29 is 14.2 Å². The van der Waals surface area contributed by atoms with E-state index in [-0.39, 0.29) is 0 Å². The van der Waals surface area contributed by atoms with E-state index in [2.05, 4.69) is 33.0 Å². The van der Waals surface area contributed by atoms with Gasteiger partial charge in [0.2, 0.25) is 0 Å². The predicted molar refractivity (Wildman–Crippen MR) is 86.4 cm³/mol. The van der Waals surface area contributed by atoms with Gasteiger partial charge in [-0.05, 0) is 23.9 Å². The molecular formula is C17H29NO3. The highest BCUT2D eigenvalue weighted by Gasteiger charge is 2.19. The Morgan fingerprint density at radius 3 is 1.95 bits per heavy atom. The number of hydrogen-bond acceptors (Lipinski definition) is 4. The maximum atomic E-state index is 5.44. The number of methoxy groups -OCH3 is 3. The van der Waals surface area contributed by atoms with Gasteiger partial charge in [0.1, 0.15) is 5.75 Å². The Bertz CT molecular complexity index is 452. The molecular weight excluding hydrogens is 266 g/mol. The third-order valence-corrected chi connectivity index (χ3v) is 4.03. The second-order valence-electron chi connectivity index (χ2n) is 6.42. The van der Waals surface area contributed by atoms with Gasteiger partial charge in [-0.1, -0.05) is 27.7 Å². The summed E-state index contributed by atoms with van der Waals surface area (Å²) < 4.78 is 16.1. The van der Waals surface area contributed by atoms with Gasteiger partial charge in [-0.25, -0.2) is 0 Å². The van der Waals surface area contributed by atoms with E-state index < -0.39 is 0 Å². The normalized spacial score (nSPS) is 12.9. The zero-order chi connectivity index (χ0) is 16.0. The summed E-state index contributed by atoms with van der Waals surface area (Å²) in [5.41, 5.74) is 1.37. The van der Waals surface area contributed by atoms with E-state index in [1.165, 1.54) is 0 Å². The van der Waals surface area contributed by atoms with Crippen LogP contribution in [0.4, 0.5) is 0 Å². The average molecular weight is 295 g/mol. The standard InChI is InChI=1S/C17H29NO3/c1-12(17(2,3)4)10-18-11-13-8-15(20-6)16(21-7)9-14(13)19-5/h8-9,12,18H,10-11H2,1-7H3. The molecule has 0 spiro atoms. The van der Waals surface area contributed by atoms with Crippen LogP contribution in [-0.4, -0.2) is 27.9 Å². The molecule has 0 fully saturated rings. The molecule has 1 N–H and O–H groups in total. The molecule has 4 nitrogen and oxygen atoms in total. The fourth-order valence-electron chi connectivity index (χ4n) is 1.96. The van der Waals surface area contributed by atoms with Gasteiger partial charge in [0.15, 0.2) is 11.5 Å². The van der Waals surface area contributed by atoms with Crippen molar-refractivity contribution in [2.45, 2.75) is 34.2 Å². The van der Waals surface area contributed by atoms with E-state index in [9.17, 15) is 0 Å². The summed E-state index contributed by atoms with van der Waals surface area (Å²) in [5.74, 6) is 2.80. The molecule has 1 aromatic rings. The molecule has 120 valence electrons. The lowest BCUT2D eigenvalue weighted by Gasteiger charge is -2.27. The van der Waals surface area contributed by atoms with Crippen LogP contribution in [0.3, 0.4) is 0 Å². The van der Waals surface area contributed by atoms with Gasteiger partial charge in [-0.3, -0.25) is 0 Å². The van der Waals surface area contributed by atoms with Crippen LogP contribution in [0.25, 0.3) is 0 Å². The quantitative estimate of drug-likeness (QED) is 0.836. The monoisotopic (exact) mass is 295 g/mol. The molecule has 0 bridgehead atoms. The maximum Gasteiger partial charge on any atom is 0.164 e. The molecule has 0 heterocycles. The Hall–Kier alpha value is -1.42. The van der Waals surface area contributed by atoms with Crippen LogP contribution < -0.4 is 19.5 Å². The van der Waals surface area contributed by atoms with Crippen molar-refractivity contribution in [1.29, 1.82) is 0 Å². The van der Waals surface area contributed by atoms with Crippen molar-refractivity contribution in [2.24, 2.45) is 11.3 Å². The minimum absolute atomic E-state index is 0.300. The number of nitrogens with one attached hydrogen (secondary N) is 1. The van der Waals surface area contributed by atoms with E-state index in [0.717, 1.165) is 30.2 Å². The topological polar surface area (TPSA) is 39.7 Å². The van der Waals surface area contributed by atoms with Crippen molar-refractivity contribution in [3.05, 3.63) is 17.7 Å². The lowest BCUT2D eigenvalue weighted by Crippen LogP contribution is -2.29. The third-order valence-electron chi connectivity index (χ3n) is 4.03. The predicted octanol–water partition coefficient (Wildman–Crippen LogP) is 3.48. The van der Waals surface area contributed by atoms with Crippen molar-refractivity contribution in [3.8, 4) is 17.2 Å². The molecule has 1 atom stereocenters. The summed E-state index contributed by atoms with van der Waals surface area (Å²) in [4.78, 5) is 0. The number of ether oxygens (including phenoxy) is 3. The summed E-state index contributed by atoms with van der Waals surface area (Å²) >= 11 is 0. The summed E-state index contributed by atoms with van der Waals surface area (Å²) in [6, 6.07) is 3.83. The molecule has 0 saturated heterocycles. The van der Waals surface area contributed by atoms with Crippen LogP contribution in [0.5, 0.6) is 17.2 Å². The number of benzene rings is 1. The Labute approximate surface area is 128 Å². The van der Waals surface area contributed by atoms with E-state index in [1.54, 1.807) is 21.3 Å². The summed E-state index contributed by atoms with van der Waals surface area (Å²) in [7, 11) is 4.94. The highest BCUT2D eigenvalue weighted by molar-refractivity contribution is 5.50. The van der Waals surface area contributed by atoms with Crippen molar-refractivity contribution in [1.82, 2.24) is 5.32 Å². The van der Waals surface area contributed by atoms with Gasteiger partial charge >= 0.3 is 0 Å². The summed E-state index contributed by atoms with van der Waals surface area (Å²) in [6.45, 7) is 10.7. The summed E-state index contributed by atoms with van der Waals surface area (Å²) in [5, 5.41) is 3.50. The third kappa shape index (κ3) is 4.81. The molecule has 21 heavy (non-hydrogen) atoms. The van der Waals surface area contributed by atoms with Crippen LogP contribution in [0.1, 0.15) is 33.3 Å². The molecule has 0 saturated carbocycles. The molecule has 0 radical (unpaired) electrons. The first-order chi connectivity index (χ1) is 9.83. The molecule has 0 aliphatic rings. The zero-order valence-corrected chi connectivity index (χ0v) is 14.4. The molecule has 0 aromatic heterocycles. The van der Waals surface area contributed by atoms with Crippen LogP contribution in [0, 0.1) is 11.3 Å². The minimum atomic E-state index is 0.300. The first-order valence-corrected chi connectivity index (χ1v) is 7.33. The van der Waals surface area contributed by atoms with Crippen molar-refractivity contribution >= 4 is 0 Å². The van der Waals surface area contributed by atoms with Crippen LogP contribution in [-0.2, 0) is 6.54 Å². The van der Waals surface area contributed by atoms with E-state index >= 15 is 0 Å².